The van der Waals surface area contributed by atoms with Crippen molar-refractivity contribution in [2.24, 2.45) is 0 Å². The number of amides is 1. The monoisotopic (exact) mass is 256 g/mol. The largest absolute Gasteiger partial charge is 0.351 e. The van der Waals surface area contributed by atoms with Crippen molar-refractivity contribution in [2.45, 2.75) is 25.4 Å². The molecule has 0 spiro atoms. The molecule has 2 rings (SSSR count). The number of rotatable bonds is 3. The van der Waals surface area contributed by atoms with Crippen LogP contribution in [0.4, 0.5) is 4.39 Å². The zero-order valence-corrected chi connectivity index (χ0v) is 10.1. The highest BCUT2D eigenvalue weighted by Gasteiger charge is 2.21. The molecule has 0 bridgehead atoms. The van der Waals surface area contributed by atoms with Gasteiger partial charge in [0.2, 0.25) is 5.91 Å². The molecule has 1 aliphatic heterocycles. The van der Waals surface area contributed by atoms with Crippen LogP contribution >= 0.6 is 11.6 Å². The van der Waals surface area contributed by atoms with Gasteiger partial charge in [-0.3, -0.25) is 4.79 Å². The lowest BCUT2D eigenvalue weighted by Gasteiger charge is -2.11. The Morgan fingerprint density at radius 3 is 3.06 bits per heavy atom. The molecule has 1 aromatic carbocycles. The third kappa shape index (κ3) is 3.17. The first kappa shape index (κ1) is 12.3. The second-order valence-electron chi connectivity index (χ2n) is 4.12. The summed E-state index contributed by atoms with van der Waals surface area (Å²) in [4.78, 5) is 11.7. The predicted octanol–water partition coefficient (Wildman–Crippen LogP) is 1.85. The number of carbonyl (C=O) groups is 1. The molecular weight excluding hydrogens is 243 g/mol. The molecule has 2 N–H and O–H groups in total. The van der Waals surface area contributed by atoms with Gasteiger partial charge in [0.05, 0.1) is 11.1 Å². The average Bonchev–Trinajstić information content (AvgIpc) is 2.84. The van der Waals surface area contributed by atoms with Crippen molar-refractivity contribution in [3.05, 3.63) is 34.6 Å². The second kappa shape index (κ2) is 5.47. The van der Waals surface area contributed by atoms with Crippen LogP contribution in [-0.2, 0) is 11.3 Å². The summed E-state index contributed by atoms with van der Waals surface area (Å²) in [5, 5.41) is 6.00. The molecule has 1 heterocycles. The van der Waals surface area contributed by atoms with Crippen molar-refractivity contribution >= 4 is 17.5 Å². The van der Waals surface area contributed by atoms with E-state index in [0.29, 0.717) is 6.54 Å². The number of hydrogen-bond donors (Lipinski definition) is 2. The molecular formula is C12H14ClFN2O. The smallest absolute Gasteiger partial charge is 0.237 e. The van der Waals surface area contributed by atoms with E-state index in [1.165, 1.54) is 12.1 Å². The maximum Gasteiger partial charge on any atom is 0.237 e. The number of nitrogens with one attached hydrogen (secondary N) is 2. The molecule has 1 aromatic rings. The number of halogens is 2. The van der Waals surface area contributed by atoms with E-state index in [2.05, 4.69) is 10.6 Å². The molecule has 5 heteroatoms. The fourth-order valence-electron chi connectivity index (χ4n) is 1.87. The van der Waals surface area contributed by atoms with Crippen LogP contribution in [0, 0.1) is 5.82 Å². The van der Waals surface area contributed by atoms with Gasteiger partial charge in [-0.2, -0.15) is 0 Å². The molecule has 3 nitrogen and oxygen atoms in total. The molecule has 0 saturated carbocycles. The van der Waals surface area contributed by atoms with E-state index in [9.17, 15) is 9.18 Å². The Morgan fingerprint density at radius 1 is 1.59 bits per heavy atom. The second-order valence-corrected chi connectivity index (χ2v) is 4.52. The Labute approximate surface area is 104 Å². The highest BCUT2D eigenvalue weighted by molar-refractivity contribution is 6.30. The number of hydrogen-bond acceptors (Lipinski definition) is 2. The van der Waals surface area contributed by atoms with Crippen LogP contribution in [0.2, 0.25) is 5.02 Å². The van der Waals surface area contributed by atoms with E-state index < -0.39 is 5.82 Å². The van der Waals surface area contributed by atoms with Gasteiger partial charge < -0.3 is 10.6 Å². The van der Waals surface area contributed by atoms with Crippen LogP contribution in [0.15, 0.2) is 18.2 Å². The molecule has 1 aliphatic rings. The van der Waals surface area contributed by atoms with Gasteiger partial charge in [-0.1, -0.05) is 17.7 Å². The Balaban J connectivity index is 1.88. The van der Waals surface area contributed by atoms with E-state index in [4.69, 9.17) is 11.6 Å². The maximum atomic E-state index is 12.9. The minimum atomic E-state index is -0.445. The Kier molecular flexibility index (Phi) is 3.97. The quantitative estimate of drug-likeness (QED) is 0.867. The van der Waals surface area contributed by atoms with E-state index >= 15 is 0 Å². The van der Waals surface area contributed by atoms with Gasteiger partial charge in [0.1, 0.15) is 5.82 Å². The van der Waals surface area contributed by atoms with Gasteiger partial charge in [0, 0.05) is 6.54 Å². The van der Waals surface area contributed by atoms with Gasteiger partial charge in [-0.15, -0.1) is 0 Å². The lowest BCUT2D eigenvalue weighted by Crippen LogP contribution is -2.39. The summed E-state index contributed by atoms with van der Waals surface area (Å²) in [7, 11) is 0. The van der Waals surface area contributed by atoms with Crippen molar-refractivity contribution in [3.8, 4) is 0 Å². The first-order valence-electron chi connectivity index (χ1n) is 5.62. The van der Waals surface area contributed by atoms with Gasteiger partial charge in [0.15, 0.2) is 0 Å². The predicted molar refractivity (Wildman–Crippen MR) is 64.3 cm³/mol. The Hall–Kier alpha value is -1.13. The van der Waals surface area contributed by atoms with Crippen LogP contribution in [-0.4, -0.2) is 18.5 Å². The van der Waals surface area contributed by atoms with E-state index in [0.717, 1.165) is 24.9 Å². The minimum Gasteiger partial charge on any atom is -0.351 e. The lowest BCUT2D eigenvalue weighted by atomic mass is 10.2. The van der Waals surface area contributed by atoms with Crippen LogP contribution < -0.4 is 10.6 Å². The highest BCUT2D eigenvalue weighted by Crippen LogP contribution is 2.16. The molecule has 1 amide bonds. The van der Waals surface area contributed by atoms with E-state index in [1.807, 2.05) is 0 Å². The van der Waals surface area contributed by atoms with Crippen LogP contribution in [0.25, 0.3) is 0 Å². The number of benzene rings is 1. The zero-order chi connectivity index (χ0) is 12.3. The molecule has 1 saturated heterocycles. The lowest BCUT2D eigenvalue weighted by molar-refractivity contribution is -0.122. The first-order valence-corrected chi connectivity index (χ1v) is 5.99. The van der Waals surface area contributed by atoms with Gasteiger partial charge in [0.25, 0.3) is 0 Å². The summed E-state index contributed by atoms with van der Waals surface area (Å²) < 4.78 is 12.9. The highest BCUT2D eigenvalue weighted by atomic mass is 35.5. The van der Waals surface area contributed by atoms with Crippen molar-refractivity contribution < 1.29 is 9.18 Å². The fraction of sp³-hybridized carbons (Fsp3) is 0.417. The van der Waals surface area contributed by atoms with Crippen LogP contribution in [0.1, 0.15) is 18.4 Å². The van der Waals surface area contributed by atoms with E-state index in [-0.39, 0.29) is 17.0 Å². The van der Waals surface area contributed by atoms with Crippen LogP contribution in [0.5, 0.6) is 0 Å². The summed E-state index contributed by atoms with van der Waals surface area (Å²) in [5.74, 6) is -0.456. The number of carbonyl (C=O) groups excluding carboxylic acids is 1. The summed E-state index contributed by atoms with van der Waals surface area (Å²) in [6.07, 6.45) is 1.90. The first-order chi connectivity index (χ1) is 8.16. The standard InChI is InChI=1S/C12H14ClFN2O/c13-9-6-8(3-4-10(9)14)7-16-12(17)11-2-1-5-15-11/h3-4,6,11,15H,1-2,5,7H2,(H,16,17)/t11-/m0/s1. The Morgan fingerprint density at radius 2 is 2.41 bits per heavy atom. The van der Waals surface area contributed by atoms with Crippen molar-refractivity contribution in [3.63, 3.8) is 0 Å². The van der Waals surface area contributed by atoms with Gasteiger partial charge >= 0.3 is 0 Å². The summed E-state index contributed by atoms with van der Waals surface area (Å²) in [6.45, 7) is 1.26. The van der Waals surface area contributed by atoms with Crippen LogP contribution in [0.3, 0.4) is 0 Å². The zero-order valence-electron chi connectivity index (χ0n) is 9.30. The van der Waals surface area contributed by atoms with Gasteiger partial charge in [-0.05, 0) is 37.1 Å². The molecule has 0 unspecified atom stereocenters. The SMILES string of the molecule is O=C(NCc1ccc(F)c(Cl)c1)[C@@H]1CCCN1. The molecule has 0 aliphatic carbocycles. The third-order valence-electron chi connectivity index (χ3n) is 2.83. The average molecular weight is 257 g/mol. The van der Waals surface area contributed by atoms with Crippen molar-refractivity contribution in [1.29, 1.82) is 0 Å². The molecule has 92 valence electrons. The normalized spacial score (nSPS) is 19.3. The Bertz CT molecular complexity index is 419. The molecule has 17 heavy (non-hydrogen) atoms. The summed E-state index contributed by atoms with van der Waals surface area (Å²) >= 11 is 5.66. The topological polar surface area (TPSA) is 41.1 Å². The minimum absolute atomic E-state index is 0.0112. The molecule has 1 atom stereocenters. The van der Waals surface area contributed by atoms with Crippen molar-refractivity contribution in [1.82, 2.24) is 10.6 Å². The fourth-order valence-corrected chi connectivity index (χ4v) is 2.07. The van der Waals surface area contributed by atoms with Crippen molar-refractivity contribution in [2.75, 3.05) is 6.54 Å². The molecule has 0 radical (unpaired) electrons. The summed E-state index contributed by atoms with van der Waals surface area (Å²) in [5.41, 5.74) is 0.794. The molecule has 1 fully saturated rings. The van der Waals surface area contributed by atoms with E-state index in [1.54, 1.807) is 6.07 Å². The van der Waals surface area contributed by atoms with Gasteiger partial charge in [-0.25, -0.2) is 4.39 Å². The third-order valence-corrected chi connectivity index (χ3v) is 3.12. The summed E-state index contributed by atoms with van der Waals surface area (Å²) in [6, 6.07) is 4.35. The maximum absolute atomic E-state index is 12.9. The molecule has 0 aromatic heterocycles.